The molecule has 0 heterocycles. The van der Waals surface area contributed by atoms with Crippen molar-refractivity contribution in [2.45, 2.75) is 13.1 Å². The van der Waals surface area contributed by atoms with Gasteiger partial charge in [0.1, 0.15) is 0 Å². The van der Waals surface area contributed by atoms with E-state index >= 15 is 0 Å². The summed E-state index contributed by atoms with van der Waals surface area (Å²) in [5.41, 5.74) is 0. The fourth-order valence-corrected chi connectivity index (χ4v) is 9.95. The van der Waals surface area contributed by atoms with E-state index in [2.05, 4.69) is 0 Å². The molecule has 0 atom stereocenters. The van der Waals surface area contributed by atoms with Gasteiger partial charge in [-0.25, -0.2) is 9.34 Å². The third kappa shape index (κ3) is 4.35. The topological polar surface area (TPSA) is 40.6 Å². The molecule has 4 aromatic carbocycles. The van der Waals surface area contributed by atoms with Crippen LogP contribution in [0.5, 0.6) is 0 Å². The van der Waals surface area contributed by atoms with Crippen LogP contribution in [0.3, 0.4) is 0 Å². The van der Waals surface area contributed by atoms with E-state index < -0.39 is 20.8 Å². The van der Waals surface area contributed by atoms with E-state index in [-0.39, 0.29) is 0 Å². The lowest BCUT2D eigenvalue weighted by molar-refractivity contribution is 0.254. The zero-order chi connectivity index (χ0) is 24.2. The predicted octanol–water partition coefficient (Wildman–Crippen LogP) is 5.05. The highest BCUT2D eigenvalue weighted by molar-refractivity contribution is 7.77. The van der Waals surface area contributed by atoms with Crippen LogP contribution < -0.4 is 21.2 Å². The van der Waals surface area contributed by atoms with Crippen LogP contribution in [-0.4, -0.2) is 29.6 Å². The van der Waals surface area contributed by atoms with Crippen LogP contribution in [0.4, 0.5) is 0 Å². The second-order valence-corrected chi connectivity index (χ2v) is 13.9. The highest BCUT2D eigenvalue weighted by Gasteiger charge is 2.42. The zero-order valence-corrected chi connectivity index (χ0v) is 21.5. The Bertz CT molecular complexity index is 1110. The molecule has 0 amide bonds. The third-order valence-corrected chi connectivity index (χ3v) is 12.8. The molecular weight excluding hydrogens is 458 g/mol. The molecule has 0 aliphatic carbocycles. The first-order valence-corrected chi connectivity index (χ1v) is 14.6. The maximum absolute atomic E-state index is 14.9. The summed E-state index contributed by atoms with van der Waals surface area (Å²) in [5, 5.41) is 2.99. The number of benzene rings is 4. The molecular formula is C28H30N2O2P2. The normalized spacial score (nSPS) is 12.4. The van der Waals surface area contributed by atoms with Crippen molar-refractivity contribution < 1.29 is 9.13 Å². The maximum atomic E-state index is 14.9. The molecule has 0 N–H and O–H groups in total. The second-order valence-electron chi connectivity index (χ2n) is 8.27. The minimum atomic E-state index is -3.21. The first-order chi connectivity index (χ1) is 16.4. The molecule has 0 aliphatic rings. The molecule has 0 radical (unpaired) electrons. The number of rotatable bonds is 8. The summed E-state index contributed by atoms with van der Waals surface area (Å²) in [6.07, 6.45) is -0.405. The molecule has 174 valence electrons. The van der Waals surface area contributed by atoms with Crippen molar-refractivity contribution in [3.8, 4) is 0 Å². The monoisotopic (exact) mass is 488 g/mol. The van der Waals surface area contributed by atoms with Crippen LogP contribution in [0.15, 0.2) is 121 Å². The smallest absolute Gasteiger partial charge is 0.208 e. The van der Waals surface area contributed by atoms with E-state index in [4.69, 9.17) is 0 Å². The SMILES string of the molecule is CC(N(C)P(=O)(c1ccccc1)c1ccccc1)N(C)P(=O)(c1ccccc1)c1ccccc1. The molecule has 0 bridgehead atoms. The van der Waals surface area contributed by atoms with Crippen molar-refractivity contribution >= 4 is 35.8 Å². The standard InChI is InChI=1S/C28H30N2O2P2/c1-24(29(2)33(31,25-16-8-4-9-17-25)26-18-10-5-11-19-26)30(3)34(32,27-20-12-6-13-21-27)28-22-14-7-15-23-28/h4-24H,1-3H3. The lowest BCUT2D eigenvalue weighted by Gasteiger charge is -2.41. The van der Waals surface area contributed by atoms with Crippen LogP contribution in [0, 0.1) is 0 Å². The van der Waals surface area contributed by atoms with Crippen LogP contribution in [-0.2, 0) is 9.13 Å². The van der Waals surface area contributed by atoms with Gasteiger partial charge in [0.25, 0.3) is 0 Å². The molecule has 0 saturated heterocycles. The molecule has 0 aliphatic heterocycles. The Balaban J connectivity index is 1.83. The third-order valence-electron chi connectivity index (χ3n) is 6.39. The summed E-state index contributed by atoms with van der Waals surface area (Å²) in [6.45, 7) is 1.97. The van der Waals surface area contributed by atoms with Crippen molar-refractivity contribution in [1.29, 1.82) is 0 Å². The Morgan fingerprint density at radius 2 is 0.676 bits per heavy atom. The number of nitrogens with zero attached hydrogens (tertiary/aromatic N) is 2. The largest absolute Gasteiger partial charge is 0.296 e. The molecule has 4 aromatic rings. The highest BCUT2D eigenvalue weighted by Crippen LogP contribution is 2.53. The first kappa shape index (κ1) is 24.4. The summed E-state index contributed by atoms with van der Waals surface area (Å²) < 4.78 is 33.5. The summed E-state index contributed by atoms with van der Waals surface area (Å²) in [4.78, 5) is 0. The summed E-state index contributed by atoms with van der Waals surface area (Å²) in [5.74, 6) is 0. The molecule has 0 spiro atoms. The van der Waals surface area contributed by atoms with Crippen molar-refractivity contribution in [3.63, 3.8) is 0 Å². The quantitative estimate of drug-likeness (QED) is 0.257. The van der Waals surface area contributed by atoms with Crippen LogP contribution in [0.25, 0.3) is 0 Å². The minimum Gasteiger partial charge on any atom is -0.296 e. The number of hydrogen-bond donors (Lipinski definition) is 0. The van der Waals surface area contributed by atoms with Gasteiger partial charge in [0.05, 0.1) is 6.17 Å². The van der Waals surface area contributed by atoms with Gasteiger partial charge in [0, 0.05) is 21.2 Å². The van der Waals surface area contributed by atoms with Gasteiger partial charge in [-0.2, -0.15) is 0 Å². The molecule has 0 aromatic heterocycles. The van der Waals surface area contributed by atoms with Crippen LogP contribution in [0.1, 0.15) is 6.92 Å². The fourth-order valence-electron chi connectivity index (χ4n) is 4.26. The lowest BCUT2D eigenvalue weighted by Crippen LogP contribution is -2.46. The first-order valence-electron chi connectivity index (χ1n) is 11.3. The van der Waals surface area contributed by atoms with Crippen molar-refractivity contribution in [1.82, 2.24) is 9.34 Å². The van der Waals surface area contributed by atoms with E-state index in [1.54, 1.807) is 0 Å². The zero-order valence-electron chi connectivity index (χ0n) is 19.7. The number of hydrogen-bond acceptors (Lipinski definition) is 2. The fraction of sp³-hybridized carbons (Fsp3) is 0.143. The van der Waals surface area contributed by atoms with Gasteiger partial charge < -0.3 is 0 Å². The Labute approximate surface area is 202 Å². The summed E-state index contributed by atoms with van der Waals surface area (Å²) >= 11 is 0. The van der Waals surface area contributed by atoms with Crippen LogP contribution in [0.2, 0.25) is 0 Å². The van der Waals surface area contributed by atoms with Gasteiger partial charge in [-0.1, -0.05) is 72.8 Å². The van der Waals surface area contributed by atoms with E-state index in [1.165, 1.54) is 0 Å². The Morgan fingerprint density at radius 3 is 0.882 bits per heavy atom. The molecule has 34 heavy (non-hydrogen) atoms. The molecule has 4 rings (SSSR count). The second kappa shape index (κ2) is 10.3. The van der Waals surface area contributed by atoms with Gasteiger partial charge in [0.2, 0.25) is 14.6 Å². The molecule has 0 fully saturated rings. The van der Waals surface area contributed by atoms with Gasteiger partial charge >= 0.3 is 0 Å². The molecule has 0 saturated carbocycles. The Kier molecular flexibility index (Phi) is 7.36. The Hall–Kier alpha value is -2.74. The van der Waals surface area contributed by atoms with E-state index in [1.807, 2.05) is 152 Å². The maximum Gasteiger partial charge on any atom is 0.208 e. The van der Waals surface area contributed by atoms with Gasteiger partial charge in [-0.05, 0) is 69.6 Å². The van der Waals surface area contributed by atoms with Crippen molar-refractivity contribution in [2.75, 3.05) is 14.1 Å². The van der Waals surface area contributed by atoms with E-state index in [9.17, 15) is 9.13 Å². The predicted molar refractivity (Wildman–Crippen MR) is 145 cm³/mol. The molecule has 0 unspecified atom stereocenters. The average molecular weight is 489 g/mol. The van der Waals surface area contributed by atoms with Gasteiger partial charge in [-0.15, -0.1) is 0 Å². The summed E-state index contributed by atoms with van der Waals surface area (Å²) in [6, 6.07) is 38.2. The Morgan fingerprint density at radius 1 is 0.471 bits per heavy atom. The average Bonchev–Trinajstić information content (AvgIpc) is 2.92. The highest BCUT2D eigenvalue weighted by atomic mass is 31.2. The van der Waals surface area contributed by atoms with Crippen molar-refractivity contribution in [2.24, 2.45) is 0 Å². The molecule has 4 nitrogen and oxygen atoms in total. The minimum absolute atomic E-state index is 0.405. The van der Waals surface area contributed by atoms with E-state index in [0.29, 0.717) is 0 Å². The van der Waals surface area contributed by atoms with Gasteiger partial charge in [-0.3, -0.25) is 9.13 Å². The van der Waals surface area contributed by atoms with Crippen molar-refractivity contribution in [3.05, 3.63) is 121 Å². The van der Waals surface area contributed by atoms with E-state index in [0.717, 1.165) is 21.2 Å². The molecule has 6 heteroatoms. The lowest BCUT2D eigenvalue weighted by atomic mass is 10.4. The van der Waals surface area contributed by atoms with Gasteiger partial charge in [0.15, 0.2) is 0 Å². The van der Waals surface area contributed by atoms with Crippen LogP contribution >= 0.6 is 14.6 Å². The summed E-state index contributed by atoms with van der Waals surface area (Å²) in [7, 11) is -2.69.